The molecule has 2 fully saturated rings. The Bertz CT molecular complexity index is 808. The van der Waals surface area contributed by atoms with Crippen LogP contribution in [0.15, 0.2) is 24.3 Å². The van der Waals surface area contributed by atoms with Gasteiger partial charge in [-0.15, -0.1) is 0 Å². The number of hydrogen-bond donors (Lipinski definition) is 2. The van der Waals surface area contributed by atoms with E-state index < -0.39 is 11.6 Å². The van der Waals surface area contributed by atoms with Crippen LogP contribution in [-0.2, 0) is 9.59 Å². The fourth-order valence-corrected chi connectivity index (χ4v) is 4.53. The molecule has 1 heterocycles. The summed E-state index contributed by atoms with van der Waals surface area (Å²) in [6.07, 6.45) is 4.18. The Morgan fingerprint density at radius 1 is 1.20 bits per heavy atom. The first-order valence-electron chi connectivity index (χ1n) is 10.8. The number of anilines is 2. The van der Waals surface area contributed by atoms with Crippen molar-refractivity contribution in [2.75, 3.05) is 30.9 Å². The molecule has 2 N–H and O–H groups in total. The Labute approximate surface area is 179 Å². The Morgan fingerprint density at radius 2 is 1.80 bits per heavy atom. The molecule has 0 radical (unpaired) electrons. The molecule has 0 aromatic heterocycles. The molecule has 0 atom stereocenters. The summed E-state index contributed by atoms with van der Waals surface area (Å²) in [5.41, 5.74) is 1.04. The number of urea groups is 1. The van der Waals surface area contributed by atoms with Gasteiger partial charge in [0.05, 0.1) is 0 Å². The third-order valence-electron chi connectivity index (χ3n) is 7.07. The van der Waals surface area contributed by atoms with Gasteiger partial charge in [-0.2, -0.15) is 0 Å². The smallest absolute Gasteiger partial charge is 0.325 e. The molecule has 4 amide bonds. The average Bonchev–Trinajstić information content (AvgIpc) is 2.92. The third-order valence-corrected chi connectivity index (χ3v) is 7.07. The lowest BCUT2D eigenvalue weighted by Crippen LogP contribution is -2.51. The van der Waals surface area contributed by atoms with Crippen molar-refractivity contribution in [2.24, 2.45) is 11.3 Å². The van der Waals surface area contributed by atoms with Crippen molar-refractivity contribution in [1.82, 2.24) is 10.2 Å². The predicted molar refractivity (Wildman–Crippen MR) is 118 cm³/mol. The van der Waals surface area contributed by atoms with Crippen molar-refractivity contribution < 1.29 is 14.4 Å². The van der Waals surface area contributed by atoms with E-state index in [2.05, 4.69) is 31.4 Å². The van der Waals surface area contributed by atoms with E-state index in [1.165, 1.54) is 0 Å². The molecule has 30 heavy (non-hydrogen) atoms. The maximum absolute atomic E-state index is 13.1. The van der Waals surface area contributed by atoms with Crippen molar-refractivity contribution in [3.63, 3.8) is 0 Å². The lowest BCUT2D eigenvalue weighted by molar-refractivity contribution is -0.135. The van der Waals surface area contributed by atoms with Crippen LogP contribution in [0.4, 0.5) is 16.2 Å². The molecule has 164 valence electrons. The lowest BCUT2D eigenvalue weighted by atomic mass is 9.65. The summed E-state index contributed by atoms with van der Waals surface area (Å²) in [5, 5.41) is 5.67. The number of amides is 4. The number of carbonyl (C=O) groups excluding carboxylic acids is 3. The molecular formula is C23H34N4O3. The Balaban J connectivity index is 1.60. The largest absolute Gasteiger partial charge is 0.378 e. The van der Waals surface area contributed by atoms with Crippen molar-refractivity contribution in [3.8, 4) is 0 Å². The summed E-state index contributed by atoms with van der Waals surface area (Å²) in [6, 6.07) is 6.93. The zero-order valence-corrected chi connectivity index (χ0v) is 18.7. The maximum Gasteiger partial charge on any atom is 0.325 e. The normalized spacial score (nSPS) is 24.2. The number of nitrogens with one attached hydrogen (secondary N) is 2. The van der Waals surface area contributed by atoms with Crippen molar-refractivity contribution >= 4 is 29.2 Å². The highest BCUT2D eigenvalue weighted by molar-refractivity contribution is 6.10. The standard InChI is InChI=1S/C23H34N4O3/c1-6-22(2,3)16-11-13-23(14-12-16)20(29)27(21(30)25-23)15-19(28)24-17-7-9-18(10-8-17)26(4)5/h7-10,16H,6,11-15H2,1-5H3,(H,24,28)(H,25,30). The Hall–Kier alpha value is -2.57. The SMILES string of the molecule is CCC(C)(C)C1CCC2(CC1)NC(=O)N(CC(=O)Nc1ccc(N(C)C)cc1)C2=O. The van der Waals surface area contributed by atoms with Crippen molar-refractivity contribution in [2.45, 2.75) is 58.4 Å². The van der Waals surface area contributed by atoms with Gasteiger partial charge in [-0.3, -0.25) is 14.5 Å². The van der Waals surface area contributed by atoms with E-state index in [1.54, 1.807) is 12.1 Å². The number of rotatable bonds is 6. The molecule has 7 heteroatoms. The molecule has 3 rings (SSSR count). The van der Waals surface area contributed by atoms with Crippen LogP contribution in [0.25, 0.3) is 0 Å². The van der Waals surface area contributed by atoms with E-state index in [4.69, 9.17) is 0 Å². The van der Waals surface area contributed by atoms with Crippen LogP contribution in [0.1, 0.15) is 52.9 Å². The first-order valence-corrected chi connectivity index (χ1v) is 10.8. The number of imide groups is 1. The molecule has 0 bridgehead atoms. The number of benzene rings is 1. The van der Waals surface area contributed by atoms with Crippen molar-refractivity contribution in [3.05, 3.63) is 24.3 Å². The van der Waals surface area contributed by atoms with Crippen LogP contribution in [0, 0.1) is 11.3 Å². The number of nitrogens with zero attached hydrogens (tertiary/aromatic N) is 2. The molecule has 0 unspecified atom stereocenters. The van der Waals surface area contributed by atoms with Gasteiger partial charge in [0.15, 0.2) is 0 Å². The highest BCUT2D eigenvalue weighted by Crippen LogP contribution is 2.45. The summed E-state index contributed by atoms with van der Waals surface area (Å²) < 4.78 is 0. The highest BCUT2D eigenvalue weighted by Gasteiger charge is 2.53. The summed E-state index contributed by atoms with van der Waals surface area (Å²) in [4.78, 5) is 41.1. The summed E-state index contributed by atoms with van der Waals surface area (Å²) in [5.74, 6) is -0.104. The molecule has 1 saturated heterocycles. The molecule has 2 aliphatic rings. The minimum absolute atomic E-state index is 0.231. The van der Waals surface area contributed by atoms with Gasteiger partial charge in [0.2, 0.25) is 5.91 Å². The predicted octanol–water partition coefficient (Wildman–Crippen LogP) is 3.61. The van der Waals surface area contributed by atoms with Gasteiger partial charge in [-0.25, -0.2) is 4.79 Å². The van der Waals surface area contributed by atoms with Gasteiger partial charge in [-0.05, 0) is 61.3 Å². The fourth-order valence-electron chi connectivity index (χ4n) is 4.53. The lowest BCUT2D eigenvalue weighted by Gasteiger charge is -2.42. The van der Waals surface area contributed by atoms with Crippen molar-refractivity contribution in [1.29, 1.82) is 0 Å². The van der Waals surface area contributed by atoms with E-state index >= 15 is 0 Å². The zero-order chi connectivity index (χ0) is 22.1. The fraction of sp³-hybridized carbons (Fsp3) is 0.609. The van der Waals surface area contributed by atoms with Gasteiger partial charge in [0, 0.05) is 25.5 Å². The van der Waals surface area contributed by atoms with Crippen LogP contribution in [0.3, 0.4) is 0 Å². The Kier molecular flexibility index (Phi) is 6.11. The van der Waals surface area contributed by atoms with Crippen LogP contribution in [0.5, 0.6) is 0 Å². The number of carbonyl (C=O) groups is 3. The van der Waals surface area contributed by atoms with Gasteiger partial charge in [0.25, 0.3) is 5.91 Å². The van der Waals surface area contributed by atoms with E-state index in [-0.39, 0.29) is 23.8 Å². The Morgan fingerprint density at radius 3 is 2.33 bits per heavy atom. The quantitative estimate of drug-likeness (QED) is 0.697. The molecule has 1 aliphatic heterocycles. The molecule has 1 aliphatic carbocycles. The van der Waals surface area contributed by atoms with E-state index in [0.717, 1.165) is 29.8 Å². The molecule has 1 aromatic carbocycles. The average molecular weight is 415 g/mol. The first kappa shape index (κ1) is 22.1. The summed E-state index contributed by atoms with van der Waals surface area (Å²) >= 11 is 0. The first-order chi connectivity index (χ1) is 14.1. The monoisotopic (exact) mass is 414 g/mol. The second-order valence-corrected chi connectivity index (χ2v) is 9.51. The van der Waals surface area contributed by atoms with E-state index in [0.29, 0.717) is 24.4 Å². The topological polar surface area (TPSA) is 81.8 Å². The van der Waals surface area contributed by atoms with Gasteiger partial charge in [-0.1, -0.05) is 27.2 Å². The van der Waals surface area contributed by atoms with Crippen LogP contribution >= 0.6 is 0 Å². The summed E-state index contributed by atoms with van der Waals surface area (Å²) in [6.45, 7) is 6.46. The van der Waals surface area contributed by atoms with E-state index in [9.17, 15) is 14.4 Å². The second kappa shape index (κ2) is 8.28. The molecule has 7 nitrogen and oxygen atoms in total. The van der Waals surface area contributed by atoms with Crippen LogP contribution < -0.4 is 15.5 Å². The minimum Gasteiger partial charge on any atom is -0.378 e. The summed E-state index contributed by atoms with van der Waals surface area (Å²) in [7, 11) is 3.88. The molecular weight excluding hydrogens is 380 g/mol. The van der Waals surface area contributed by atoms with E-state index in [1.807, 2.05) is 31.1 Å². The third kappa shape index (κ3) is 4.30. The molecule has 1 saturated carbocycles. The van der Waals surface area contributed by atoms with Gasteiger partial charge in [0.1, 0.15) is 12.1 Å². The minimum atomic E-state index is -0.842. The second-order valence-electron chi connectivity index (χ2n) is 9.51. The van der Waals surface area contributed by atoms with Gasteiger partial charge >= 0.3 is 6.03 Å². The van der Waals surface area contributed by atoms with Crippen LogP contribution in [-0.4, -0.2) is 48.9 Å². The molecule has 1 aromatic rings. The maximum atomic E-state index is 13.1. The van der Waals surface area contributed by atoms with Crippen LogP contribution in [0.2, 0.25) is 0 Å². The number of hydrogen-bond acceptors (Lipinski definition) is 4. The zero-order valence-electron chi connectivity index (χ0n) is 18.7. The highest BCUT2D eigenvalue weighted by atomic mass is 16.2. The van der Waals surface area contributed by atoms with Gasteiger partial charge < -0.3 is 15.5 Å². The molecule has 1 spiro atoms.